The molecule has 22 heavy (non-hydrogen) atoms. The molecule has 0 spiro atoms. The van der Waals surface area contributed by atoms with Gasteiger partial charge in [-0.2, -0.15) is 0 Å². The largest absolute Gasteiger partial charge is 0.494 e. The third kappa shape index (κ3) is 2.31. The van der Waals surface area contributed by atoms with Gasteiger partial charge in [0.2, 0.25) is 5.88 Å². The Kier molecular flexibility index (Phi) is 3.34. The summed E-state index contributed by atoms with van der Waals surface area (Å²) in [7, 11) is 1.36. The van der Waals surface area contributed by atoms with E-state index in [-0.39, 0.29) is 5.56 Å². The van der Waals surface area contributed by atoms with Crippen LogP contribution in [0.3, 0.4) is 0 Å². The number of nitrogens with zero attached hydrogens (tertiary/aromatic N) is 2. The normalized spacial score (nSPS) is 11.3. The monoisotopic (exact) mass is 295 g/mol. The molecule has 0 saturated carbocycles. The van der Waals surface area contributed by atoms with Crippen LogP contribution in [0.15, 0.2) is 57.0 Å². The van der Waals surface area contributed by atoms with Gasteiger partial charge in [-0.1, -0.05) is 36.4 Å². The van der Waals surface area contributed by atoms with Crippen molar-refractivity contribution in [2.45, 2.75) is 0 Å². The zero-order valence-corrected chi connectivity index (χ0v) is 11.8. The Balaban J connectivity index is 2.14. The first kappa shape index (κ1) is 13.8. The van der Waals surface area contributed by atoms with Gasteiger partial charge in [-0.25, -0.2) is 4.79 Å². The molecule has 0 radical (unpaired) electrons. The topological polar surface area (TPSA) is 87.4 Å². The molecule has 1 aromatic heterocycles. The molecule has 6 nitrogen and oxygen atoms in total. The Labute approximate surface area is 125 Å². The molecule has 3 aromatic rings. The van der Waals surface area contributed by atoms with Gasteiger partial charge in [0.05, 0.1) is 5.69 Å². The first-order chi connectivity index (χ1) is 10.6. The molecular formula is C16H13N3O3. The molecule has 0 bridgehead atoms. The van der Waals surface area contributed by atoms with Crippen molar-refractivity contribution in [3.63, 3.8) is 0 Å². The van der Waals surface area contributed by atoms with Gasteiger partial charge in [0.1, 0.15) is 5.56 Å². The first-order valence-electron chi connectivity index (χ1n) is 6.62. The lowest BCUT2D eigenvalue weighted by atomic mass is 10.1. The molecule has 0 unspecified atom stereocenters. The highest BCUT2D eigenvalue weighted by Gasteiger charge is 2.09. The van der Waals surface area contributed by atoms with E-state index in [4.69, 9.17) is 0 Å². The molecule has 0 amide bonds. The molecule has 2 aromatic carbocycles. The van der Waals surface area contributed by atoms with Gasteiger partial charge in [-0.15, -0.1) is 0 Å². The van der Waals surface area contributed by atoms with Crippen LogP contribution in [0.5, 0.6) is 5.88 Å². The molecule has 110 valence electrons. The number of nitrogens with one attached hydrogen (secondary N) is 1. The van der Waals surface area contributed by atoms with E-state index < -0.39 is 17.1 Å². The Morgan fingerprint density at radius 1 is 1.14 bits per heavy atom. The minimum atomic E-state index is -0.676. The number of H-pyrrole nitrogens is 1. The van der Waals surface area contributed by atoms with Gasteiger partial charge in [-0.05, 0) is 11.5 Å². The van der Waals surface area contributed by atoms with Crippen LogP contribution in [-0.2, 0) is 7.05 Å². The predicted octanol–water partition coefficient (Wildman–Crippen LogP) is 1.68. The summed E-state index contributed by atoms with van der Waals surface area (Å²) in [4.78, 5) is 29.5. The highest BCUT2D eigenvalue weighted by Crippen LogP contribution is 2.25. The van der Waals surface area contributed by atoms with Crippen LogP contribution in [0.4, 0.5) is 5.69 Å². The second-order valence-electron chi connectivity index (χ2n) is 4.81. The second kappa shape index (κ2) is 5.33. The lowest BCUT2D eigenvalue weighted by Gasteiger charge is -2.04. The summed E-state index contributed by atoms with van der Waals surface area (Å²) in [5.41, 5.74) is -0.741. The Bertz CT molecular complexity index is 994. The molecule has 0 saturated heterocycles. The van der Waals surface area contributed by atoms with Crippen molar-refractivity contribution in [1.82, 2.24) is 9.55 Å². The molecule has 0 fully saturated rings. The van der Waals surface area contributed by atoms with E-state index in [9.17, 15) is 14.7 Å². The standard InChI is InChI=1S/C16H13N3O3/c1-19-15(21)12(14(20)18-16(19)22)9-17-13-8-4-6-10-5-2-3-7-11(10)13/h2-9,21H,1H3,(H,18,20,22). The highest BCUT2D eigenvalue weighted by molar-refractivity contribution is 5.95. The summed E-state index contributed by atoms with van der Waals surface area (Å²) in [6.45, 7) is 0. The van der Waals surface area contributed by atoms with E-state index in [0.717, 1.165) is 15.3 Å². The molecule has 1 heterocycles. The number of aliphatic imine (C=N–C) groups is 1. The van der Waals surface area contributed by atoms with Crippen molar-refractivity contribution >= 4 is 22.7 Å². The van der Waals surface area contributed by atoms with Crippen LogP contribution in [0.2, 0.25) is 0 Å². The number of rotatable bonds is 2. The van der Waals surface area contributed by atoms with Crippen molar-refractivity contribution in [3.8, 4) is 5.88 Å². The first-order valence-corrected chi connectivity index (χ1v) is 6.62. The zero-order chi connectivity index (χ0) is 15.7. The van der Waals surface area contributed by atoms with E-state index in [1.165, 1.54) is 13.3 Å². The maximum absolute atomic E-state index is 11.8. The van der Waals surface area contributed by atoms with E-state index in [2.05, 4.69) is 9.98 Å². The van der Waals surface area contributed by atoms with E-state index in [1.54, 1.807) is 0 Å². The number of aromatic amines is 1. The summed E-state index contributed by atoms with van der Waals surface area (Å²) in [6.07, 6.45) is 1.26. The molecule has 0 aliphatic heterocycles. The third-order valence-corrected chi connectivity index (χ3v) is 3.43. The van der Waals surface area contributed by atoms with Gasteiger partial charge in [0.25, 0.3) is 5.56 Å². The quantitative estimate of drug-likeness (QED) is 0.705. The van der Waals surface area contributed by atoms with Crippen molar-refractivity contribution in [3.05, 3.63) is 68.9 Å². The minimum absolute atomic E-state index is 0.0602. The molecule has 3 rings (SSSR count). The zero-order valence-electron chi connectivity index (χ0n) is 11.8. The maximum Gasteiger partial charge on any atom is 0.330 e. The lowest BCUT2D eigenvalue weighted by molar-refractivity contribution is 0.417. The average Bonchev–Trinajstić information content (AvgIpc) is 2.53. The van der Waals surface area contributed by atoms with Gasteiger partial charge < -0.3 is 5.11 Å². The number of hydrogen-bond acceptors (Lipinski definition) is 4. The summed E-state index contributed by atoms with van der Waals surface area (Å²) in [5.74, 6) is -0.419. The van der Waals surface area contributed by atoms with Gasteiger partial charge in [-0.3, -0.25) is 19.3 Å². The summed E-state index contributed by atoms with van der Waals surface area (Å²) in [6, 6.07) is 13.4. The van der Waals surface area contributed by atoms with Gasteiger partial charge >= 0.3 is 5.69 Å². The molecular weight excluding hydrogens is 282 g/mol. The van der Waals surface area contributed by atoms with E-state index in [1.807, 2.05) is 42.5 Å². The average molecular weight is 295 g/mol. The molecule has 0 aliphatic rings. The van der Waals surface area contributed by atoms with Crippen LogP contribution in [0, 0.1) is 0 Å². The molecule has 0 atom stereocenters. The van der Waals surface area contributed by atoms with Crippen LogP contribution in [0.25, 0.3) is 10.8 Å². The SMILES string of the molecule is Cn1c(O)c(C=Nc2cccc3ccccc23)c(=O)[nH]c1=O. The Morgan fingerprint density at radius 3 is 2.68 bits per heavy atom. The predicted molar refractivity (Wildman–Crippen MR) is 85.2 cm³/mol. The van der Waals surface area contributed by atoms with Gasteiger partial charge in [0, 0.05) is 18.6 Å². The number of aromatic hydroxyl groups is 1. The minimum Gasteiger partial charge on any atom is -0.494 e. The third-order valence-electron chi connectivity index (χ3n) is 3.43. The Morgan fingerprint density at radius 2 is 1.86 bits per heavy atom. The fourth-order valence-corrected chi connectivity index (χ4v) is 2.20. The van der Waals surface area contributed by atoms with E-state index in [0.29, 0.717) is 5.69 Å². The number of fused-ring (bicyclic) bond motifs is 1. The van der Waals surface area contributed by atoms with Crippen molar-refractivity contribution in [2.24, 2.45) is 12.0 Å². The fourth-order valence-electron chi connectivity index (χ4n) is 2.20. The van der Waals surface area contributed by atoms with Crippen molar-refractivity contribution in [1.29, 1.82) is 0 Å². The smallest absolute Gasteiger partial charge is 0.330 e. The fraction of sp³-hybridized carbons (Fsp3) is 0.0625. The van der Waals surface area contributed by atoms with Crippen LogP contribution in [0.1, 0.15) is 5.56 Å². The van der Waals surface area contributed by atoms with Crippen LogP contribution in [-0.4, -0.2) is 20.9 Å². The molecule has 6 heteroatoms. The highest BCUT2D eigenvalue weighted by atomic mass is 16.3. The number of aromatic nitrogens is 2. The van der Waals surface area contributed by atoms with Crippen molar-refractivity contribution in [2.75, 3.05) is 0 Å². The summed E-state index contributed by atoms with van der Waals surface area (Å²) >= 11 is 0. The maximum atomic E-state index is 11.8. The molecule has 0 aliphatic carbocycles. The number of hydrogen-bond donors (Lipinski definition) is 2. The lowest BCUT2D eigenvalue weighted by Crippen LogP contribution is -2.30. The number of benzene rings is 2. The summed E-state index contributed by atoms with van der Waals surface area (Å²) in [5, 5.41) is 11.9. The molecule has 2 N–H and O–H groups in total. The van der Waals surface area contributed by atoms with Crippen LogP contribution < -0.4 is 11.2 Å². The van der Waals surface area contributed by atoms with Crippen LogP contribution >= 0.6 is 0 Å². The summed E-state index contributed by atoms with van der Waals surface area (Å²) < 4.78 is 0.950. The van der Waals surface area contributed by atoms with Crippen molar-refractivity contribution < 1.29 is 5.11 Å². The van der Waals surface area contributed by atoms with Gasteiger partial charge in [0.15, 0.2) is 0 Å². The second-order valence-corrected chi connectivity index (χ2v) is 4.81. The Hall–Kier alpha value is -3.15. The van der Waals surface area contributed by atoms with E-state index >= 15 is 0 Å².